The number of carbonyl (C=O) groups is 1. The lowest BCUT2D eigenvalue weighted by molar-refractivity contribution is -0.115. The molecule has 0 radical (unpaired) electrons. The molecule has 0 saturated heterocycles. The van der Waals surface area contributed by atoms with Gasteiger partial charge in [0.25, 0.3) is 0 Å². The van der Waals surface area contributed by atoms with Crippen LogP contribution in [0.5, 0.6) is 0 Å². The van der Waals surface area contributed by atoms with Crippen molar-refractivity contribution in [3.05, 3.63) is 28.8 Å². The first-order valence-electron chi connectivity index (χ1n) is 7.53. The fraction of sp³-hybridized carbons (Fsp3) is 0.438. The minimum Gasteiger partial charge on any atom is -0.360 e. The predicted octanol–water partition coefficient (Wildman–Crippen LogP) is 4.01. The number of nitrogens with zero attached hydrogens (tertiary/aromatic N) is 2. The van der Waals surface area contributed by atoms with Gasteiger partial charge in [0.1, 0.15) is 0 Å². The van der Waals surface area contributed by atoms with Gasteiger partial charge in [-0.2, -0.15) is 0 Å². The second-order valence-corrected chi connectivity index (χ2v) is 7.99. The second-order valence-electron chi connectivity index (χ2n) is 5.43. The third-order valence-corrected chi connectivity index (χ3v) is 5.37. The average Bonchev–Trinajstić information content (AvgIpc) is 2.90. The minimum absolute atomic E-state index is 0.0229. The van der Waals surface area contributed by atoms with Gasteiger partial charge in [-0.3, -0.25) is 4.79 Å². The Morgan fingerprint density at radius 2 is 1.91 bits per heavy atom. The average molecular weight is 351 g/mol. The van der Waals surface area contributed by atoms with Crippen LogP contribution in [-0.4, -0.2) is 27.9 Å². The number of carbonyl (C=O) groups excluding carboxylic acids is 1. The third kappa shape index (κ3) is 4.68. The number of aryl methyl sites for hydroxylation is 3. The molecular formula is C16H22N4OS2. The molecule has 1 heterocycles. The smallest absolute Gasteiger partial charge is 0.237 e. The number of hydrogen-bond acceptors (Lipinski definition) is 6. The summed E-state index contributed by atoms with van der Waals surface area (Å²) >= 11 is 2.89. The van der Waals surface area contributed by atoms with Crippen molar-refractivity contribution in [2.24, 2.45) is 0 Å². The van der Waals surface area contributed by atoms with Gasteiger partial charge in [-0.15, -0.1) is 10.2 Å². The molecule has 0 bridgehead atoms. The van der Waals surface area contributed by atoms with Crippen molar-refractivity contribution in [2.75, 3.05) is 17.2 Å². The molecule has 2 N–H and O–H groups in total. The number of aromatic nitrogens is 2. The van der Waals surface area contributed by atoms with Gasteiger partial charge in [0.05, 0.1) is 5.25 Å². The molecule has 124 valence electrons. The van der Waals surface area contributed by atoms with Crippen LogP contribution in [0.4, 0.5) is 10.8 Å². The molecule has 0 saturated carbocycles. The van der Waals surface area contributed by atoms with E-state index in [1.54, 1.807) is 0 Å². The Hall–Kier alpha value is -1.60. The van der Waals surface area contributed by atoms with Crippen molar-refractivity contribution in [1.82, 2.24) is 10.2 Å². The van der Waals surface area contributed by atoms with E-state index >= 15 is 0 Å². The van der Waals surface area contributed by atoms with Gasteiger partial charge in [-0.1, -0.05) is 40.8 Å². The van der Waals surface area contributed by atoms with E-state index in [-0.39, 0.29) is 11.2 Å². The first kappa shape index (κ1) is 17.7. The minimum atomic E-state index is -0.238. The maximum atomic E-state index is 12.4. The zero-order valence-corrected chi connectivity index (χ0v) is 15.7. The van der Waals surface area contributed by atoms with E-state index < -0.39 is 0 Å². The number of rotatable bonds is 6. The highest BCUT2D eigenvalue weighted by Gasteiger charge is 2.18. The van der Waals surface area contributed by atoms with E-state index in [2.05, 4.69) is 39.9 Å². The van der Waals surface area contributed by atoms with Gasteiger partial charge in [-0.05, 0) is 45.7 Å². The van der Waals surface area contributed by atoms with Crippen LogP contribution in [0, 0.1) is 20.8 Å². The molecular weight excluding hydrogens is 328 g/mol. The molecule has 23 heavy (non-hydrogen) atoms. The lowest BCUT2D eigenvalue weighted by atomic mass is 10.1. The molecule has 0 unspecified atom stereocenters. The van der Waals surface area contributed by atoms with E-state index in [0.717, 1.165) is 32.8 Å². The first-order valence-corrected chi connectivity index (χ1v) is 9.23. The normalized spacial score (nSPS) is 12.0. The molecule has 0 fully saturated rings. The molecule has 2 aromatic rings. The molecule has 5 nitrogen and oxygen atoms in total. The Morgan fingerprint density at radius 1 is 1.26 bits per heavy atom. The van der Waals surface area contributed by atoms with Crippen LogP contribution in [0.1, 0.15) is 30.5 Å². The SMILES string of the molecule is CCNc1nnc(S[C@H](C)C(=O)Nc2c(C)cc(C)cc2C)s1. The van der Waals surface area contributed by atoms with Gasteiger partial charge in [0.15, 0.2) is 4.34 Å². The number of anilines is 2. The number of thioether (sulfide) groups is 1. The Kier molecular flexibility index (Phi) is 6.01. The van der Waals surface area contributed by atoms with E-state index in [1.165, 1.54) is 28.7 Å². The van der Waals surface area contributed by atoms with Crippen LogP contribution in [0.25, 0.3) is 0 Å². The third-order valence-electron chi connectivity index (χ3n) is 3.31. The van der Waals surface area contributed by atoms with Crippen molar-refractivity contribution in [1.29, 1.82) is 0 Å². The summed E-state index contributed by atoms with van der Waals surface area (Å²) in [6.07, 6.45) is 0. The molecule has 1 atom stereocenters. The summed E-state index contributed by atoms with van der Waals surface area (Å²) in [5.41, 5.74) is 4.26. The number of amides is 1. The molecule has 0 aliphatic rings. The number of nitrogens with one attached hydrogen (secondary N) is 2. The number of benzene rings is 1. The highest BCUT2D eigenvalue weighted by Crippen LogP contribution is 2.30. The van der Waals surface area contributed by atoms with Gasteiger partial charge < -0.3 is 10.6 Å². The zero-order chi connectivity index (χ0) is 17.0. The topological polar surface area (TPSA) is 66.9 Å². The maximum absolute atomic E-state index is 12.4. The van der Waals surface area contributed by atoms with Crippen LogP contribution < -0.4 is 10.6 Å². The summed E-state index contributed by atoms with van der Waals surface area (Å²) < 4.78 is 0.793. The summed E-state index contributed by atoms with van der Waals surface area (Å²) in [6, 6.07) is 4.15. The Labute approximate surface area is 145 Å². The molecule has 0 spiro atoms. The van der Waals surface area contributed by atoms with E-state index in [1.807, 2.05) is 27.7 Å². The summed E-state index contributed by atoms with van der Waals surface area (Å²) in [5, 5.41) is 14.9. The monoisotopic (exact) mass is 350 g/mol. The molecule has 0 aliphatic heterocycles. The maximum Gasteiger partial charge on any atom is 0.237 e. The van der Waals surface area contributed by atoms with E-state index in [9.17, 15) is 4.79 Å². The summed E-state index contributed by atoms with van der Waals surface area (Å²) in [7, 11) is 0. The van der Waals surface area contributed by atoms with Crippen molar-refractivity contribution in [2.45, 2.75) is 44.2 Å². The lowest BCUT2D eigenvalue weighted by Gasteiger charge is -2.15. The molecule has 1 amide bonds. The highest BCUT2D eigenvalue weighted by molar-refractivity contribution is 8.02. The Balaban J connectivity index is 2.02. The molecule has 0 aliphatic carbocycles. The quantitative estimate of drug-likeness (QED) is 0.770. The van der Waals surface area contributed by atoms with Gasteiger partial charge in [-0.25, -0.2) is 0 Å². The van der Waals surface area contributed by atoms with Crippen molar-refractivity contribution >= 4 is 39.8 Å². The largest absolute Gasteiger partial charge is 0.360 e. The summed E-state index contributed by atoms with van der Waals surface area (Å²) in [6.45, 7) is 10.8. The van der Waals surface area contributed by atoms with E-state index in [0.29, 0.717) is 0 Å². The summed E-state index contributed by atoms with van der Waals surface area (Å²) in [4.78, 5) is 12.4. The van der Waals surface area contributed by atoms with Crippen molar-refractivity contribution in [3.8, 4) is 0 Å². The van der Waals surface area contributed by atoms with E-state index in [4.69, 9.17) is 0 Å². The highest BCUT2D eigenvalue weighted by atomic mass is 32.2. The number of hydrogen-bond donors (Lipinski definition) is 2. The van der Waals surface area contributed by atoms with Crippen LogP contribution in [-0.2, 0) is 4.79 Å². The molecule has 7 heteroatoms. The van der Waals surface area contributed by atoms with Crippen LogP contribution in [0.15, 0.2) is 16.5 Å². The van der Waals surface area contributed by atoms with Gasteiger partial charge in [0.2, 0.25) is 11.0 Å². The fourth-order valence-electron chi connectivity index (χ4n) is 2.29. The van der Waals surface area contributed by atoms with Crippen LogP contribution in [0.3, 0.4) is 0 Å². The van der Waals surface area contributed by atoms with Gasteiger partial charge >= 0.3 is 0 Å². The zero-order valence-electron chi connectivity index (χ0n) is 14.1. The molecule has 1 aromatic heterocycles. The predicted molar refractivity (Wildman–Crippen MR) is 98.7 cm³/mol. The fourth-order valence-corrected chi connectivity index (χ4v) is 4.25. The second kappa shape index (κ2) is 7.79. The van der Waals surface area contributed by atoms with Crippen molar-refractivity contribution in [3.63, 3.8) is 0 Å². The van der Waals surface area contributed by atoms with Crippen LogP contribution in [0.2, 0.25) is 0 Å². The van der Waals surface area contributed by atoms with Gasteiger partial charge in [0, 0.05) is 12.2 Å². The molecule has 2 rings (SSSR count). The first-order chi connectivity index (χ1) is 10.9. The van der Waals surface area contributed by atoms with Crippen LogP contribution >= 0.6 is 23.1 Å². The van der Waals surface area contributed by atoms with Crippen molar-refractivity contribution < 1.29 is 4.79 Å². The summed E-state index contributed by atoms with van der Waals surface area (Å²) in [5.74, 6) is -0.0229. The Morgan fingerprint density at radius 3 is 2.52 bits per heavy atom. The lowest BCUT2D eigenvalue weighted by Crippen LogP contribution is -2.23. The molecule has 1 aromatic carbocycles. The standard InChI is InChI=1S/C16H22N4OS2/c1-6-17-15-19-20-16(23-15)22-12(5)14(21)18-13-10(3)7-9(2)8-11(13)4/h7-8,12H,6H2,1-5H3,(H,17,19)(H,18,21)/t12-/m1/s1. The Bertz CT molecular complexity index is 676.